The predicted molar refractivity (Wildman–Crippen MR) is 82.6 cm³/mol. The van der Waals surface area contributed by atoms with Crippen LogP contribution in [0.3, 0.4) is 0 Å². The number of nitro groups is 1. The molecule has 0 N–H and O–H groups in total. The van der Waals surface area contributed by atoms with E-state index in [1.807, 2.05) is 19.1 Å². The molecule has 1 aliphatic rings. The van der Waals surface area contributed by atoms with Crippen molar-refractivity contribution in [1.29, 1.82) is 0 Å². The van der Waals surface area contributed by atoms with E-state index < -0.39 is 4.92 Å². The molecular weight excluding hydrogens is 270 g/mol. The Bertz CT molecular complexity index is 545. The highest BCUT2D eigenvalue weighted by atomic mass is 16.6. The van der Waals surface area contributed by atoms with Gasteiger partial charge in [-0.15, -0.1) is 0 Å². The SMILES string of the molecule is CN(C)/N=C/C(=N\N1CCCC1)c1ccc([N+](=O)[O-])cc1. The predicted octanol–water partition coefficient (Wildman–Crippen LogP) is 1.94. The number of nitro benzene ring substituents is 1. The van der Waals surface area contributed by atoms with Crippen LogP contribution in [0.15, 0.2) is 34.5 Å². The molecule has 112 valence electrons. The van der Waals surface area contributed by atoms with Gasteiger partial charge in [0.15, 0.2) is 0 Å². The standard InChI is InChI=1S/C14H19N5O2/c1-17(2)15-11-14(16-18-9-3-4-10-18)12-5-7-13(8-6-12)19(20)21/h5-8,11H,3-4,9-10H2,1-2H3/b15-11+,16-14+. The van der Waals surface area contributed by atoms with Crippen molar-refractivity contribution in [1.82, 2.24) is 10.0 Å². The molecule has 2 rings (SSSR count). The first-order chi connectivity index (χ1) is 10.1. The van der Waals surface area contributed by atoms with Crippen molar-refractivity contribution >= 4 is 17.6 Å². The second-order valence-corrected chi connectivity index (χ2v) is 5.04. The molecule has 1 aromatic rings. The normalized spacial score (nSPS) is 15.7. The van der Waals surface area contributed by atoms with E-state index in [1.165, 1.54) is 12.1 Å². The summed E-state index contributed by atoms with van der Waals surface area (Å²) < 4.78 is 0. The second-order valence-electron chi connectivity index (χ2n) is 5.04. The lowest BCUT2D eigenvalue weighted by Gasteiger charge is -2.12. The molecule has 1 heterocycles. The molecule has 7 heteroatoms. The van der Waals surface area contributed by atoms with Crippen LogP contribution in [-0.4, -0.2) is 54.1 Å². The van der Waals surface area contributed by atoms with E-state index in [-0.39, 0.29) is 5.69 Å². The summed E-state index contributed by atoms with van der Waals surface area (Å²) in [6, 6.07) is 6.38. The summed E-state index contributed by atoms with van der Waals surface area (Å²) in [7, 11) is 3.67. The van der Waals surface area contributed by atoms with Gasteiger partial charge in [0, 0.05) is 44.9 Å². The second kappa shape index (κ2) is 6.83. The Morgan fingerprint density at radius 1 is 1.29 bits per heavy atom. The minimum Gasteiger partial charge on any atom is -0.303 e. The van der Waals surface area contributed by atoms with Gasteiger partial charge in [0.2, 0.25) is 0 Å². The summed E-state index contributed by atoms with van der Waals surface area (Å²) in [4.78, 5) is 10.3. The molecule has 0 aliphatic carbocycles. The molecule has 21 heavy (non-hydrogen) atoms. The number of benzene rings is 1. The zero-order chi connectivity index (χ0) is 15.2. The van der Waals surface area contributed by atoms with E-state index in [4.69, 9.17) is 0 Å². The van der Waals surface area contributed by atoms with Crippen molar-refractivity contribution in [3.63, 3.8) is 0 Å². The van der Waals surface area contributed by atoms with Gasteiger partial charge < -0.3 is 5.01 Å². The number of hydrogen-bond donors (Lipinski definition) is 0. The molecule has 1 aromatic carbocycles. The molecule has 7 nitrogen and oxygen atoms in total. The van der Waals surface area contributed by atoms with Gasteiger partial charge >= 0.3 is 0 Å². The third-order valence-electron chi connectivity index (χ3n) is 3.12. The van der Waals surface area contributed by atoms with Crippen LogP contribution in [0.2, 0.25) is 0 Å². The third kappa shape index (κ3) is 4.27. The summed E-state index contributed by atoms with van der Waals surface area (Å²) in [5.41, 5.74) is 1.60. The molecular formula is C14H19N5O2. The van der Waals surface area contributed by atoms with Crippen LogP contribution >= 0.6 is 0 Å². The lowest BCUT2D eigenvalue weighted by atomic mass is 10.1. The Morgan fingerprint density at radius 3 is 2.43 bits per heavy atom. The molecule has 0 spiro atoms. The largest absolute Gasteiger partial charge is 0.303 e. The molecule has 0 aromatic heterocycles. The monoisotopic (exact) mass is 289 g/mol. The maximum absolute atomic E-state index is 10.7. The van der Waals surface area contributed by atoms with Crippen molar-refractivity contribution in [3.05, 3.63) is 39.9 Å². The molecule has 0 radical (unpaired) electrons. The lowest BCUT2D eigenvalue weighted by Crippen LogP contribution is -2.17. The van der Waals surface area contributed by atoms with Gasteiger partial charge in [-0.2, -0.15) is 10.2 Å². The fourth-order valence-corrected chi connectivity index (χ4v) is 2.03. The number of rotatable bonds is 5. The van der Waals surface area contributed by atoms with Gasteiger partial charge in [0.1, 0.15) is 5.71 Å². The first-order valence-electron chi connectivity index (χ1n) is 6.86. The van der Waals surface area contributed by atoms with E-state index in [0.29, 0.717) is 5.71 Å². The summed E-state index contributed by atoms with van der Waals surface area (Å²) in [5.74, 6) is 0. The molecule has 1 fully saturated rings. The van der Waals surface area contributed by atoms with Crippen LogP contribution < -0.4 is 0 Å². The van der Waals surface area contributed by atoms with Crippen molar-refractivity contribution in [2.24, 2.45) is 10.2 Å². The summed E-state index contributed by atoms with van der Waals surface area (Å²) >= 11 is 0. The lowest BCUT2D eigenvalue weighted by molar-refractivity contribution is -0.384. The van der Waals surface area contributed by atoms with Gasteiger partial charge in [-0.1, -0.05) is 0 Å². The van der Waals surface area contributed by atoms with E-state index in [2.05, 4.69) is 10.2 Å². The van der Waals surface area contributed by atoms with Crippen molar-refractivity contribution < 1.29 is 4.92 Å². The zero-order valence-corrected chi connectivity index (χ0v) is 12.3. The Kier molecular flexibility index (Phi) is 4.86. The number of non-ortho nitro benzene ring substituents is 1. The van der Waals surface area contributed by atoms with E-state index in [1.54, 1.807) is 23.4 Å². The first kappa shape index (κ1) is 15.0. The van der Waals surface area contributed by atoms with Crippen molar-refractivity contribution in [3.8, 4) is 0 Å². The Labute approximate surface area is 123 Å². The molecule has 0 saturated carbocycles. The highest BCUT2D eigenvalue weighted by Crippen LogP contribution is 2.14. The topological polar surface area (TPSA) is 74.3 Å². The highest BCUT2D eigenvalue weighted by Gasteiger charge is 2.12. The summed E-state index contributed by atoms with van der Waals surface area (Å²) in [6.45, 7) is 1.87. The third-order valence-corrected chi connectivity index (χ3v) is 3.12. The van der Waals surface area contributed by atoms with Gasteiger partial charge in [-0.3, -0.25) is 15.1 Å². The maximum atomic E-state index is 10.7. The van der Waals surface area contributed by atoms with Crippen LogP contribution in [0.4, 0.5) is 5.69 Å². The number of hydrogen-bond acceptors (Lipinski definition) is 6. The van der Waals surface area contributed by atoms with Gasteiger partial charge in [0.25, 0.3) is 5.69 Å². The van der Waals surface area contributed by atoms with Crippen molar-refractivity contribution in [2.45, 2.75) is 12.8 Å². The van der Waals surface area contributed by atoms with Crippen molar-refractivity contribution in [2.75, 3.05) is 27.2 Å². The number of hydrazone groups is 2. The molecule has 0 amide bonds. The molecule has 0 unspecified atom stereocenters. The van der Waals surface area contributed by atoms with Crippen LogP contribution in [0.25, 0.3) is 0 Å². The highest BCUT2D eigenvalue weighted by molar-refractivity contribution is 6.38. The molecule has 0 atom stereocenters. The summed E-state index contributed by atoms with van der Waals surface area (Å²) in [6.07, 6.45) is 3.96. The van der Waals surface area contributed by atoms with Crippen LogP contribution in [0.5, 0.6) is 0 Å². The van der Waals surface area contributed by atoms with E-state index in [9.17, 15) is 10.1 Å². The first-order valence-corrected chi connectivity index (χ1v) is 6.86. The Morgan fingerprint density at radius 2 is 1.90 bits per heavy atom. The Hall–Kier alpha value is -2.44. The average Bonchev–Trinajstić information content (AvgIpc) is 2.96. The van der Waals surface area contributed by atoms with Gasteiger partial charge in [0.05, 0.1) is 11.1 Å². The zero-order valence-electron chi connectivity index (χ0n) is 12.3. The maximum Gasteiger partial charge on any atom is 0.269 e. The smallest absolute Gasteiger partial charge is 0.269 e. The quantitative estimate of drug-likeness (QED) is 0.471. The minimum atomic E-state index is -0.408. The van der Waals surface area contributed by atoms with Gasteiger partial charge in [-0.05, 0) is 25.0 Å². The Balaban J connectivity index is 2.27. The minimum absolute atomic E-state index is 0.0730. The molecule has 0 bridgehead atoms. The molecule has 1 saturated heterocycles. The van der Waals surface area contributed by atoms with E-state index in [0.717, 1.165) is 31.5 Å². The van der Waals surface area contributed by atoms with Gasteiger partial charge in [-0.25, -0.2) is 0 Å². The van der Waals surface area contributed by atoms with E-state index >= 15 is 0 Å². The molecule has 1 aliphatic heterocycles. The van der Waals surface area contributed by atoms with Crippen LogP contribution in [0, 0.1) is 10.1 Å². The van der Waals surface area contributed by atoms with Crippen LogP contribution in [0.1, 0.15) is 18.4 Å². The fourth-order valence-electron chi connectivity index (χ4n) is 2.03. The summed E-state index contributed by atoms with van der Waals surface area (Å²) in [5, 5.41) is 23.2. The fraction of sp³-hybridized carbons (Fsp3) is 0.429. The van der Waals surface area contributed by atoms with Crippen LogP contribution in [-0.2, 0) is 0 Å². The average molecular weight is 289 g/mol. The number of nitrogens with zero attached hydrogens (tertiary/aromatic N) is 5.